The van der Waals surface area contributed by atoms with Crippen LogP contribution in [-0.2, 0) is 6.42 Å². The van der Waals surface area contributed by atoms with Gasteiger partial charge in [0.1, 0.15) is 11.4 Å². The van der Waals surface area contributed by atoms with Gasteiger partial charge in [-0.1, -0.05) is 12.1 Å². The third kappa shape index (κ3) is 3.99. The molecule has 32 heavy (non-hydrogen) atoms. The predicted octanol–water partition coefficient (Wildman–Crippen LogP) is 3.05. The van der Waals surface area contributed by atoms with Crippen LogP contribution in [0.4, 0.5) is 0 Å². The number of hydrogen-bond acceptors (Lipinski definition) is 5. The van der Waals surface area contributed by atoms with E-state index in [2.05, 4.69) is 15.0 Å². The molecule has 4 rings (SSSR count). The maximum absolute atomic E-state index is 13.2. The molecular formula is C24H25N5O3. The summed E-state index contributed by atoms with van der Waals surface area (Å²) in [5.41, 5.74) is 3.96. The minimum atomic E-state index is -0.381. The van der Waals surface area contributed by atoms with Crippen LogP contribution >= 0.6 is 0 Å². The van der Waals surface area contributed by atoms with Crippen LogP contribution in [0, 0.1) is 13.8 Å². The molecule has 0 saturated carbocycles. The number of aromatic nitrogens is 4. The quantitative estimate of drug-likeness (QED) is 0.507. The molecule has 1 aromatic carbocycles. The summed E-state index contributed by atoms with van der Waals surface area (Å²) in [5, 5.41) is 0. The summed E-state index contributed by atoms with van der Waals surface area (Å²) >= 11 is 0. The number of H-pyrrole nitrogens is 1. The highest BCUT2D eigenvalue weighted by Gasteiger charge is 2.20. The van der Waals surface area contributed by atoms with Crippen molar-refractivity contribution in [3.63, 3.8) is 0 Å². The Labute approximate surface area is 185 Å². The highest BCUT2D eigenvalue weighted by Crippen LogP contribution is 2.16. The van der Waals surface area contributed by atoms with Gasteiger partial charge in [0.05, 0.1) is 30.0 Å². The number of nitrogens with one attached hydrogen (secondary N) is 1. The van der Waals surface area contributed by atoms with E-state index in [9.17, 15) is 9.59 Å². The molecule has 0 aliphatic heterocycles. The average Bonchev–Trinajstić information content (AvgIpc) is 3.22. The van der Waals surface area contributed by atoms with Gasteiger partial charge in [-0.2, -0.15) is 0 Å². The van der Waals surface area contributed by atoms with Gasteiger partial charge in [-0.05, 0) is 43.2 Å². The minimum absolute atomic E-state index is 0.145. The Balaban J connectivity index is 1.56. The number of carbonyl (C=O) groups is 1. The fourth-order valence-corrected chi connectivity index (χ4v) is 3.64. The maximum Gasteiger partial charge on any atom is 0.268 e. The summed E-state index contributed by atoms with van der Waals surface area (Å²) in [5.74, 6) is 0.932. The number of carbonyl (C=O) groups excluding carboxylic acids is 1. The van der Waals surface area contributed by atoms with E-state index < -0.39 is 0 Å². The second kappa shape index (κ2) is 8.66. The number of aryl methyl sites for hydroxylation is 2. The molecule has 164 valence electrons. The van der Waals surface area contributed by atoms with Crippen LogP contribution < -0.4 is 10.3 Å². The molecule has 0 radical (unpaired) electrons. The lowest BCUT2D eigenvalue weighted by atomic mass is 10.1. The van der Waals surface area contributed by atoms with Crippen LogP contribution in [0.1, 0.15) is 27.3 Å². The lowest BCUT2D eigenvalue weighted by Gasteiger charge is -2.18. The van der Waals surface area contributed by atoms with E-state index in [1.807, 2.05) is 25.1 Å². The van der Waals surface area contributed by atoms with E-state index in [-0.39, 0.29) is 17.0 Å². The fraction of sp³-hybridized carbons (Fsp3) is 0.250. The summed E-state index contributed by atoms with van der Waals surface area (Å²) in [7, 11) is 3.22. The Bertz CT molecular complexity index is 1340. The van der Waals surface area contributed by atoms with Gasteiger partial charge < -0.3 is 14.6 Å². The van der Waals surface area contributed by atoms with Gasteiger partial charge in [0, 0.05) is 32.3 Å². The fourth-order valence-electron chi connectivity index (χ4n) is 3.64. The van der Waals surface area contributed by atoms with E-state index in [0.29, 0.717) is 30.1 Å². The summed E-state index contributed by atoms with van der Waals surface area (Å²) in [6, 6.07) is 11.1. The zero-order chi connectivity index (χ0) is 22.8. The number of pyridine rings is 2. The van der Waals surface area contributed by atoms with Crippen LogP contribution in [-0.4, -0.2) is 51.0 Å². The highest BCUT2D eigenvalue weighted by molar-refractivity contribution is 5.95. The van der Waals surface area contributed by atoms with Crippen LogP contribution in [0.15, 0.2) is 53.6 Å². The van der Waals surface area contributed by atoms with Gasteiger partial charge in [0.2, 0.25) is 5.88 Å². The lowest BCUT2D eigenvalue weighted by Crippen LogP contribution is -2.36. The third-order valence-electron chi connectivity index (χ3n) is 5.52. The maximum atomic E-state index is 13.2. The molecule has 8 nitrogen and oxygen atoms in total. The number of rotatable bonds is 6. The number of imidazole rings is 1. The molecule has 4 aromatic rings. The normalized spacial score (nSPS) is 11.0. The molecule has 0 unspecified atom stereocenters. The average molecular weight is 431 g/mol. The minimum Gasteiger partial charge on any atom is -0.481 e. The predicted molar refractivity (Wildman–Crippen MR) is 123 cm³/mol. The molecule has 3 aromatic heterocycles. The topological polar surface area (TPSA) is 93.1 Å². The van der Waals surface area contributed by atoms with Crippen LogP contribution in [0.3, 0.4) is 0 Å². The Morgan fingerprint density at radius 2 is 1.97 bits per heavy atom. The van der Waals surface area contributed by atoms with Crippen molar-refractivity contribution >= 4 is 16.9 Å². The number of nitrogens with zero attached hydrogens (tertiary/aromatic N) is 4. The van der Waals surface area contributed by atoms with Crippen LogP contribution in [0.5, 0.6) is 5.88 Å². The second-order valence-electron chi connectivity index (χ2n) is 7.74. The zero-order valence-corrected chi connectivity index (χ0v) is 18.5. The zero-order valence-electron chi connectivity index (χ0n) is 18.5. The number of para-hydroxylation sites is 1. The molecule has 1 N–H and O–H groups in total. The lowest BCUT2D eigenvalue weighted by molar-refractivity contribution is 0.0793. The van der Waals surface area contributed by atoms with Gasteiger partial charge in [0.25, 0.3) is 11.5 Å². The first-order chi connectivity index (χ1) is 15.4. The van der Waals surface area contributed by atoms with Crippen molar-refractivity contribution in [2.75, 3.05) is 20.7 Å². The molecule has 0 aliphatic rings. The molecule has 0 saturated heterocycles. The van der Waals surface area contributed by atoms with Crippen LogP contribution in [0.2, 0.25) is 0 Å². The van der Waals surface area contributed by atoms with Gasteiger partial charge in [-0.3, -0.25) is 14.2 Å². The van der Waals surface area contributed by atoms with Crippen molar-refractivity contribution in [3.8, 4) is 11.6 Å². The van der Waals surface area contributed by atoms with Gasteiger partial charge >= 0.3 is 0 Å². The Hall–Kier alpha value is -3.94. The molecular weight excluding hydrogens is 406 g/mol. The summed E-state index contributed by atoms with van der Waals surface area (Å²) in [4.78, 5) is 40.0. The smallest absolute Gasteiger partial charge is 0.268 e. The van der Waals surface area contributed by atoms with E-state index in [4.69, 9.17) is 4.74 Å². The first kappa shape index (κ1) is 21.3. The summed E-state index contributed by atoms with van der Waals surface area (Å²) in [6.07, 6.45) is 3.74. The summed E-state index contributed by atoms with van der Waals surface area (Å²) in [6.45, 7) is 4.21. The van der Waals surface area contributed by atoms with Crippen LogP contribution in [0.25, 0.3) is 16.7 Å². The monoisotopic (exact) mass is 431 g/mol. The van der Waals surface area contributed by atoms with E-state index in [1.165, 1.54) is 17.9 Å². The Morgan fingerprint density at radius 1 is 1.16 bits per heavy atom. The molecule has 0 atom stereocenters. The Kier molecular flexibility index (Phi) is 5.77. The highest BCUT2D eigenvalue weighted by atomic mass is 16.5. The van der Waals surface area contributed by atoms with Crippen molar-refractivity contribution in [3.05, 3.63) is 81.7 Å². The number of methoxy groups -OCH3 is 1. The molecule has 0 spiro atoms. The SMILES string of the molecule is COc1ccc(-n2ccc(C)c(C(=O)N(C)CCc3nc4c(C)cccc4[nH]3)c2=O)cn1. The molecule has 3 heterocycles. The molecule has 0 fully saturated rings. The number of fused-ring (bicyclic) bond motifs is 1. The van der Waals surface area contributed by atoms with Gasteiger partial charge in [-0.15, -0.1) is 0 Å². The van der Waals surface area contributed by atoms with Gasteiger partial charge in [-0.25, -0.2) is 9.97 Å². The number of likely N-dealkylation sites (N-methyl/N-ethyl adjacent to an activating group) is 1. The van der Waals surface area contributed by atoms with E-state index in [0.717, 1.165) is 22.4 Å². The van der Waals surface area contributed by atoms with Gasteiger partial charge in [0.15, 0.2) is 0 Å². The van der Waals surface area contributed by atoms with E-state index >= 15 is 0 Å². The summed E-state index contributed by atoms with van der Waals surface area (Å²) < 4.78 is 6.49. The van der Waals surface area contributed by atoms with Crippen molar-refractivity contribution in [2.45, 2.75) is 20.3 Å². The van der Waals surface area contributed by atoms with Crippen molar-refractivity contribution in [1.29, 1.82) is 0 Å². The standard InChI is InChI=1S/C24H25N5O3/c1-15-10-13-29(17-8-9-20(32-4)25-14-17)24(31)21(15)23(30)28(3)12-11-19-26-18-7-5-6-16(2)22(18)27-19/h5-10,13-14H,11-12H2,1-4H3,(H,26,27). The number of benzene rings is 1. The first-order valence-corrected chi connectivity index (χ1v) is 10.3. The second-order valence-corrected chi connectivity index (χ2v) is 7.74. The number of ether oxygens (including phenoxy) is 1. The number of hydrogen-bond donors (Lipinski definition) is 1. The van der Waals surface area contributed by atoms with E-state index in [1.54, 1.807) is 43.3 Å². The molecule has 0 bridgehead atoms. The van der Waals surface area contributed by atoms with Crippen molar-refractivity contribution in [1.82, 2.24) is 24.4 Å². The molecule has 8 heteroatoms. The van der Waals surface area contributed by atoms with Crippen molar-refractivity contribution in [2.24, 2.45) is 0 Å². The third-order valence-corrected chi connectivity index (χ3v) is 5.52. The Morgan fingerprint density at radius 3 is 2.66 bits per heavy atom. The first-order valence-electron chi connectivity index (χ1n) is 10.3. The molecule has 1 amide bonds. The number of aromatic amines is 1. The van der Waals surface area contributed by atoms with Crippen molar-refractivity contribution < 1.29 is 9.53 Å². The molecule has 0 aliphatic carbocycles. The number of amides is 1. The largest absolute Gasteiger partial charge is 0.481 e.